The van der Waals surface area contributed by atoms with Gasteiger partial charge in [0.2, 0.25) is 5.82 Å². The summed E-state index contributed by atoms with van der Waals surface area (Å²) in [6, 6.07) is 0. The van der Waals surface area contributed by atoms with Gasteiger partial charge < -0.3 is 4.74 Å². The Bertz CT molecular complexity index is 637. The Kier molecular flexibility index (Phi) is 4.02. The highest BCUT2D eigenvalue weighted by atomic mass is 19.2. The van der Waals surface area contributed by atoms with Crippen LogP contribution in [0.4, 0.5) is 22.0 Å². The third-order valence-corrected chi connectivity index (χ3v) is 4.08. The molecule has 22 heavy (non-hydrogen) atoms. The molecule has 1 aromatic rings. The first-order chi connectivity index (χ1) is 10.1. The number of carbonyl (C=O) groups excluding carboxylic acids is 1. The molecule has 0 N–H and O–H groups in total. The quantitative estimate of drug-likeness (QED) is 0.366. The lowest BCUT2D eigenvalue weighted by molar-refractivity contribution is -0.143. The fourth-order valence-electron chi connectivity index (χ4n) is 2.58. The monoisotopic (exact) mass is 320 g/mol. The first kappa shape index (κ1) is 16.5. The van der Waals surface area contributed by atoms with Gasteiger partial charge in [-0.05, 0) is 11.3 Å². The van der Waals surface area contributed by atoms with E-state index in [1.165, 1.54) is 13.2 Å². The summed E-state index contributed by atoms with van der Waals surface area (Å²) in [5.74, 6) is -11.4. The van der Waals surface area contributed by atoms with Crippen molar-refractivity contribution in [3.8, 4) is 0 Å². The second-order valence-electron chi connectivity index (χ2n) is 5.69. The number of rotatable bonds is 3. The van der Waals surface area contributed by atoms with Crippen molar-refractivity contribution in [2.75, 3.05) is 7.11 Å². The van der Waals surface area contributed by atoms with E-state index in [0.717, 1.165) is 6.08 Å². The molecule has 1 saturated carbocycles. The van der Waals surface area contributed by atoms with Crippen molar-refractivity contribution in [2.45, 2.75) is 13.8 Å². The molecule has 120 valence electrons. The highest BCUT2D eigenvalue weighted by molar-refractivity contribution is 5.78. The van der Waals surface area contributed by atoms with Crippen molar-refractivity contribution >= 4 is 12.0 Å². The molecule has 1 fully saturated rings. The summed E-state index contributed by atoms with van der Waals surface area (Å²) in [5, 5.41) is 0. The first-order valence-electron chi connectivity index (χ1n) is 6.42. The summed E-state index contributed by atoms with van der Waals surface area (Å²) in [6.07, 6.45) is 2.07. The van der Waals surface area contributed by atoms with Crippen LogP contribution in [0, 0.1) is 46.3 Å². The zero-order chi connectivity index (χ0) is 16.8. The van der Waals surface area contributed by atoms with Crippen LogP contribution in [0.25, 0.3) is 6.08 Å². The maximum atomic E-state index is 13.5. The van der Waals surface area contributed by atoms with E-state index in [1.54, 1.807) is 13.8 Å². The predicted octanol–water partition coefficient (Wildman–Crippen LogP) is 3.84. The van der Waals surface area contributed by atoms with Gasteiger partial charge in [0.15, 0.2) is 23.3 Å². The van der Waals surface area contributed by atoms with Gasteiger partial charge in [-0.15, -0.1) is 0 Å². The maximum Gasteiger partial charge on any atom is 0.309 e. The van der Waals surface area contributed by atoms with Crippen molar-refractivity contribution in [3.63, 3.8) is 0 Å². The third-order valence-electron chi connectivity index (χ3n) is 4.08. The molecule has 0 radical (unpaired) electrons. The number of carbonyl (C=O) groups is 1. The molecule has 2 nitrogen and oxygen atoms in total. The van der Waals surface area contributed by atoms with E-state index in [-0.39, 0.29) is 0 Å². The predicted molar refractivity (Wildman–Crippen MR) is 68.0 cm³/mol. The zero-order valence-electron chi connectivity index (χ0n) is 12.0. The van der Waals surface area contributed by atoms with Gasteiger partial charge in [0.1, 0.15) is 0 Å². The Labute approximate surface area is 123 Å². The molecular weight excluding hydrogens is 307 g/mol. The standard InChI is InChI=1S/C15H13F5O2/c1-15(2)7(8(15)14(21)22-3)5-4-6-9(16)11(18)13(20)12(19)10(6)17/h4-5,7-8H,1-3H3/t7-,8+/m0/s1. The summed E-state index contributed by atoms with van der Waals surface area (Å²) in [4.78, 5) is 11.5. The summed E-state index contributed by atoms with van der Waals surface area (Å²) >= 11 is 0. The van der Waals surface area contributed by atoms with Crippen LogP contribution in [-0.2, 0) is 9.53 Å². The van der Waals surface area contributed by atoms with Crippen LogP contribution >= 0.6 is 0 Å². The van der Waals surface area contributed by atoms with Crippen molar-refractivity contribution in [1.29, 1.82) is 0 Å². The molecule has 0 aromatic heterocycles. The van der Waals surface area contributed by atoms with Crippen LogP contribution in [0.1, 0.15) is 19.4 Å². The van der Waals surface area contributed by atoms with Gasteiger partial charge in [-0.1, -0.05) is 26.0 Å². The van der Waals surface area contributed by atoms with Crippen molar-refractivity contribution in [2.24, 2.45) is 17.3 Å². The minimum absolute atomic E-state index is 0.407. The molecule has 0 amide bonds. The van der Waals surface area contributed by atoms with Crippen LogP contribution in [-0.4, -0.2) is 13.1 Å². The molecule has 2 atom stereocenters. The van der Waals surface area contributed by atoms with Crippen LogP contribution < -0.4 is 0 Å². The molecule has 1 aliphatic rings. The van der Waals surface area contributed by atoms with Gasteiger partial charge in [-0.25, -0.2) is 22.0 Å². The summed E-state index contributed by atoms with van der Waals surface area (Å²) in [7, 11) is 1.21. The largest absolute Gasteiger partial charge is 0.469 e. The molecule has 0 aliphatic heterocycles. The van der Waals surface area contributed by atoms with Gasteiger partial charge in [0.25, 0.3) is 0 Å². The van der Waals surface area contributed by atoms with Crippen molar-refractivity contribution in [3.05, 3.63) is 40.7 Å². The topological polar surface area (TPSA) is 26.3 Å². The van der Waals surface area contributed by atoms with Crippen LogP contribution in [0.15, 0.2) is 6.08 Å². The molecule has 2 rings (SSSR count). The van der Waals surface area contributed by atoms with E-state index < -0.39 is 57.9 Å². The SMILES string of the molecule is COC(=O)[C@H]1[C@H](C=Cc2c(F)c(F)c(F)c(F)c2F)C1(C)C. The van der Waals surface area contributed by atoms with Crippen LogP contribution in [0.3, 0.4) is 0 Å². The molecule has 0 bridgehead atoms. The average molecular weight is 320 g/mol. The molecule has 1 aliphatic carbocycles. The number of methoxy groups -OCH3 is 1. The minimum Gasteiger partial charge on any atom is -0.469 e. The Balaban J connectivity index is 2.35. The van der Waals surface area contributed by atoms with Gasteiger partial charge >= 0.3 is 5.97 Å². The second-order valence-corrected chi connectivity index (χ2v) is 5.69. The molecular formula is C15H13F5O2. The smallest absolute Gasteiger partial charge is 0.309 e. The lowest BCUT2D eigenvalue weighted by Crippen LogP contribution is -2.07. The van der Waals surface area contributed by atoms with E-state index in [1.807, 2.05) is 0 Å². The lowest BCUT2D eigenvalue weighted by Gasteiger charge is -2.04. The lowest BCUT2D eigenvalue weighted by atomic mass is 10.1. The highest BCUT2D eigenvalue weighted by Gasteiger charge is 2.61. The number of hydrogen-bond donors (Lipinski definition) is 0. The van der Waals surface area contributed by atoms with E-state index in [2.05, 4.69) is 4.74 Å². The van der Waals surface area contributed by atoms with Crippen molar-refractivity contribution < 1.29 is 31.5 Å². The maximum absolute atomic E-state index is 13.5. The molecule has 7 heteroatoms. The Morgan fingerprint density at radius 2 is 1.45 bits per heavy atom. The molecule has 0 unspecified atom stereocenters. The van der Waals surface area contributed by atoms with E-state index in [0.29, 0.717) is 0 Å². The van der Waals surface area contributed by atoms with Gasteiger partial charge in [-0.3, -0.25) is 4.79 Å². The number of esters is 1. The molecule has 0 spiro atoms. The number of benzene rings is 1. The first-order valence-corrected chi connectivity index (χ1v) is 6.42. The van der Waals surface area contributed by atoms with E-state index in [4.69, 9.17) is 0 Å². The number of allylic oxidation sites excluding steroid dienone is 1. The Morgan fingerprint density at radius 1 is 1.00 bits per heavy atom. The van der Waals surface area contributed by atoms with Crippen LogP contribution in [0.5, 0.6) is 0 Å². The van der Waals surface area contributed by atoms with Crippen molar-refractivity contribution in [1.82, 2.24) is 0 Å². The number of hydrogen-bond acceptors (Lipinski definition) is 2. The van der Waals surface area contributed by atoms with Crippen LogP contribution in [0.2, 0.25) is 0 Å². The second kappa shape index (κ2) is 5.37. The Hall–Kier alpha value is -1.92. The average Bonchev–Trinajstić information content (AvgIpc) is 3.03. The zero-order valence-corrected chi connectivity index (χ0v) is 12.0. The van der Waals surface area contributed by atoms with E-state index in [9.17, 15) is 26.7 Å². The summed E-state index contributed by atoms with van der Waals surface area (Å²) < 4.78 is 70.8. The third kappa shape index (κ3) is 2.38. The number of halogens is 5. The molecule has 0 saturated heterocycles. The summed E-state index contributed by atoms with van der Waals surface area (Å²) in [6.45, 7) is 3.48. The van der Waals surface area contributed by atoms with Gasteiger partial charge in [0, 0.05) is 0 Å². The van der Waals surface area contributed by atoms with Gasteiger partial charge in [0.05, 0.1) is 18.6 Å². The van der Waals surface area contributed by atoms with E-state index >= 15 is 0 Å². The summed E-state index contributed by atoms with van der Waals surface area (Å²) in [5.41, 5.74) is -1.53. The van der Waals surface area contributed by atoms with Gasteiger partial charge in [-0.2, -0.15) is 0 Å². The normalized spacial score (nSPS) is 22.9. The minimum atomic E-state index is -2.20. The number of ether oxygens (including phenoxy) is 1. The fraction of sp³-hybridized carbons (Fsp3) is 0.400. The Morgan fingerprint density at radius 3 is 1.91 bits per heavy atom. The highest BCUT2D eigenvalue weighted by Crippen LogP contribution is 2.59. The molecule has 0 heterocycles. The fourth-order valence-corrected chi connectivity index (χ4v) is 2.58. The molecule has 1 aromatic carbocycles.